The molecule has 1 rings (SSSR count). The molecule has 0 aliphatic heterocycles. The Morgan fingerprint density at radius 1 is 1.37 bits per heavy atom. The third-order valence-electron chi connectivity index (χ3n) is 2.56. The maximum atomic E-state index is 11.6. The van der Waals surface area contributed by atoms with Crippen molar-refractivity contribution in [2.75, 3.05) is 0 Å². The molecule has 0 spiro atoms. The SMILES string of the molecule is CC(C)[C@H](NC(=O)NCc1cccc(Br)c1)C(=O)O. The van der Waals surface area contributed by atoms with E-state index in [1.54, 1.807) is 13.8 Å². The van der Waals surface area contributed by atoms with E-state index in [0.29, 0.717) is 6.54 Å². The van der Waals surface area contributed by atoms with Crippen molar-refractivity contribution in [3.05, 3.63) is 34.3 Å². The fraction of sp³-hybridized carbons (Fsp3) is 0.385. The van der Waals surface area contributed by atoms with Crippen LogP contribution in [0.25, 0.3) is 0 Å². The molecule has 0 aromatic heterocycles. The standard InChI is InChI=1S/C13H17BrN2O3/c1-8(2)11(12(17)18)16-13(19)15-7-9-4-3-5-10(14)6-9/h3-6,8,11H,7H2,1-2H3,(H,17,18)(H2,15,16,19)/t11-/m0/s1. The van der Waals surface area contributed by atoms with Gasteiger partial charge in [-0.25, -0.2) is 9.59 Å². The van der Waals surface area contributed by atoms with Gasteiger partial charge in [0.2, 0.25) is 0 Å². The van der Waals surface area contributed by atoms with E-state index in [4.69, 9.17) is 5.11 Å². The number of hydrogen-bond acceptors (Lipinski definition) is 2. The Balaban J connectivity index is 2.49. The fourth-order valence-corrected chi connectivity index (χ4v) is 1.98. The summed E-state index contributed by atoms with van der Waals surface area (Å²) in [5.41, 5.74) is 0.931. The monoisotopic (exact) mass is 328 g/mol. The molecule has 1 atom stereocenters. The van der Waals surface area contributed by atoms with Crippen LogP contribution in [0.4, 0.5) is 4.79 Å². The Kier molecular flexibility index (Phi) is 5.82. The van der Waals surface area contributed by atoms with E-state index >= 15 is 0 Å². The maximum Gasteiger partial charge on any atom is 0.326 e. The Bertz CT molecular complexity index is 463. The molecule has 5 nitrogen and oxygen atoms in total. The molecule has 0 fully saturated rings. The second-order valence-electron chi connectivity index (χ2n) is 4.52. The van der Waals surface area contributed by atoms with Crippen molar-refractivity contribution in [2.24, 2.45) is 5.92 Å². The van der Waals surface area contributed by atoms with Gasteiger partial charge >= 0.3 is 12.0 Å². The number of aliphatic carboxylic acids is 1. The van der Waals surface area contributed by atoms with Crippen LogP contribution in [0.1, 0.15) is 19.4 Å². The number of rotatable bonds is 5. The summed E-state index contributed by atoms with van der Waals surface area (Å²) >= 11 is 3.34. The van der Waals surface area contributed by atoms with Gasteiger partial charge in [0, 0.05) is 11.0 Å². The summed E-state index contributed by atoms with van der Waals surface area (Å²) in [5.74, 6) is -1.21. The maximum absolute atomic E-state index is 11.6. The molecule has 6 heteroatoms. The van der Waals surface area contributed by atoms with E-state index in [1.807, 2.05) is 24.3 Å². The zero-order chi connectivity index (χ0) is 14.4. The van der Waals surface area contributed by atoms with Crippen molar-refractivity contribution in [3.63, 3.8) is 0 Å². The summed E-state index contributed by atoms with van der Waals surface area (Å²) in [7, 11) is 0. The number of hydrogen-bond donors (Lipinski definition) is 3. The quantitative estimate of drug-likeness (QED) is 0.776. The molecule has 0 saturated heterocycles. The normalized spacial score (nSPS) is 12.0. The van der Waals surface area contributed by atoms with E-state index in [1.165, 1.54) is 0 Å². The molecule has 0 aliphatic rings. The Labute approximate surface area is 120 Å². The van der Waals surface area contributed by atoms with Crippen molar-refractivity contribution < 1.29 is 14.7 Å². The highest BCUT2D eigenvalue weighted by Gasteiger charge is 2.23. The minimum atomic E-state index is -1.03. The first-order valence-electron chi connectivity index (χ1n) is 5.91. The van der Waals surface area contributed by atoms with Gasteiger partial charge in [0.1, 0.15) is 6.04 Å². The lowest BCUT2D eigenvalue weighted by Crippen LogP contribution is -2.48. The van der Waals surface area contributed by atoms with E-state index < -0.39 is 18.0 Å². The molecule has 1 aromatic carbocycles. The molecule has 1 aromatic rings. The van der Waals surface area contributed by atoms with Crippen molar-refractivity contribution in [1.82, 2.24) is 10.6 Å². The highest BCUT2D eigenvalue weighted by atomic mass is 79.9. The molecule has 0 saturated carbocycles. The highest BCUT2D eigenvalue weighted by molar-refractivity contribution is 9.10. The van der Waals surface area contributed by atoms with Crippen LogP contribution in [0, 0.1) is 5.92 Å². The van der Waals surface area contributed by atoms with Crippen LogP contribution in [0.2, 0.25) is 0 Å². The molecule has 0 aliphatic carbocycles. The fourth-order valence-electron chi connectivity index (χ4n) is 1.54. The molecule has 3 N–H and O–H groups in total. The number of amides is 2. The summed E-state index contributed by atoms with van der Waals surface area (Å²) in [6.07, 6.45) is 0. The van der Waals surface area contributed by atoms with E-state index in [0.717, 1.165) is 10.0 Å². The van der Waals surface area contributed by atoms with Gasteiger partial charge < -0.3 is 15.7 Å². The van der Waals surface area contributed by atoms with Gasteiger partial charge in [0.25, 0.3) is 0 Å². The number of carboxylic acids is 1. The predicted molar refractivity (Wildman–Crippen MR) is 75.8 cm³/mol. The summed E-state index contributed by atoms with van der Waals surface area (Å²) in [6, 6.07) is 6.15. The Morgan fingerprint density at radius 2 is 2.05 bits per heavy atom. The van der Waals surface area contributed by atoms with Crippen LogP contribution >= 0.6 is 15.9 Å². The van der Waals surface area contributed by atoms with Gasteiger partial charge in [0.05, 0.1) is 0 Å². The average Bonchev–Trinajstić information content (AvgIpc) is 2.32. The van der Waals surface area contributed by atoms with Crippen LogP contribution in [0.5, 0.6) is 0 Å². The predicted octanol–water partition coefficient (Wildman–Crippen LogP) is 2.36. The molecule has 0 bridgehead atoms. The average molecular weight is 329 g/mol. The molecular weight excluding hydrogens is 312 g/mol. The number of benzene rings is 1. The van der Waals surface area contributed by atoms with Crippen molar-refractivity contribution in [1.29, 1.82) is 0 Å². The molecule has 104 valence electrons. The third-order valence-corrected chi connectivity index (χ3v) is 3.05. The minimum absolute atomic E-state index is 0.172. The van der Waals surface area contributed by atoms with Crippen molar-refractivity contribution in [3.8, 4) is 0 Å². The summed E-state index contributed by atoms with van der Waals surface area (Å²) in [6.45, 7) is 3.83. The highest BCUT2D eigenvalue weighted by Crippen LogP contribution is 2.11. The minimum Gasteiger partial charge on any atom is -0.480 e. The zero-order valence-electron chi connectivity index (χ0n) is 10.8. The number of nitrogens with one attached hydrogen (secondary N) is 2. The van der Waals surface area contributed by atoms with Gasteiger partial charge in [-0.2, -0.15) is 0 Å². The number of carbonyl (C=O) groups excluding carboxylic acids is 1. The zero-order valence-corrected chi connectivity index (χ0v) is 12.4. The summed E-state index contributed by atoms with van der Waals surface area (Å²) in [5, 5.41) is 14.0. The number of urea groups is 1. The van der Waals surface area contributed by atoms with Gasteiger partial charge in [-0.15, -0.1) is 0 Å². The van der Waals surface area contributed by atoms with Crippen LogP contribution in [-0.2, 0) is 11.3 Å². The summed E-state index contributed by atoms with van der Waals surface area (Å²) in [4.78, 5) is 22.6. The molecule has 0 radical (unpaired) electrons. The molecule has 19 heavy (non-hydrogen) atoms. The molecule has 0 unspecified atom stereocenters. The first-order valence-corrected chi connectivity index (χ1v) is 6.71. The van der Waals surface area contributed by atoms with Gasteiger partial charge in [-0.3, -0.25) is 0 Å². The van der Waals surface area contributed by atoms with Crippen LogP contribution < -0.4 is 10.6 Å². The molecule has 0 heterocycles. The van der Waals surface area contributed by atoms with Crippen molar-refractivity contribution in [2.45, 2.75) is 26.4 Å². The first-order chi connectivity index (χ1) is 8.90. The first kappa shape index (κ1) is 15.5. The number of halogens is 1. The topological polar surface area (TPSA) is 78.4 Å². The number of carbonyl (C=O) groups is 2. The molecular formula is C13H17BrN2O3. The van der Waals surface area contributed by atoms with Gasteiger partial charge in [-0.05, 0) is 23.6 Å². The summed E-state index contributed by atoms with van der Waals surface area (Å²) < 4.78 is 0.929. The number of carboxylic acid groups (broad SMARTS) is 1. The lowest BCUT2D eigenvalue weighted by atomic mass is 10.1. The van der Waals surface area contributed by atoms with Crippen molar-refractivity contribution >= 4 is 27.9 Å². The Hall–Kier alpha value is -1.56. The van der Waals surface area contributed by atoms with Crippen LogP contribution in [-0.4, -0.2) is 23.1 Å². The van der Waals surface area contributed by atoms with Gasteiger partial charge in [0.15, 0.2) is 0 Å². The Morgan fingerprint density at radius 3 is 2.58 bits per heavy atom. The lowest BCUT2D eigenvalue weighted by Gasteiger charge is -2.18. The lowest BCUT2D eigenvalue weighted by molar-refractivity contribution is -0.140. The molecule has 2 amide bonds. The third kappa shape index (κ3) is 5.30. The smallest absolute Gasteiger partial charge is 0.326 e. The second kappa shape index (κ2) is 7.13. The van der Waals surface area contributed by atoms with Crippen LogP contribution in [0.3, 0.4) is 0 Å². The van der Waals surface area contributed by atoms with Gasteiger partial charge in [-0.1, -0.05) is 41.9 Å². The van der Waals surface area contributed by atoms with Crippen LogP contribution in [0.15, 0.2) is 28.7 Å². The van der Waals surface area contributed by atoms with E-state index in [2.05, 4.69) is 26.6 Å². The van der Waals surface area contributed by atoms with E-state index in [-0.39, 0.29) is 5.92 Å². The van der Waals surface area contributed by atoms with E-state index in [9.17, 15) is 9.59 Å². The largest absolute Gasteiger partial charge is 0.480 e. The second-order valence-corrected chi connectivity index (χ2v) is 5.43.